The maximum atomic E-state index is 5.63. The van der Waals surface area contributed by atoms with Gasteiger partial charge in [-0.05, 0) is 29.3 Å². The van der Waals surface area contributed by atoms with Crippen molar-refractivity contribution in [2.75, 3.05) is 0 Å². The van der Waals surface area contributed by atoms with Crippen LogP contribution in [0.2, 0.25) is 0 Å². The zero-order valence-corrected chi connectivity index (χ0v) is 8.27. The molecule has 0 spiro atoms. The van der Waals surface area contributed by atoms with E-state index in [4.69, 9.17) is 5.73 Å². The van der Waals surface area contributed by atoms with E-state index in [9.17, 15) is 0 Å². The predicted molar refractivity (Wildman–Crippen MR) is 54.6 cm³/mol. The topological polar surface area (TPSA) is 38.4 Å². The van der Waals surface area contributed by atoms with E-state index in [1.807, 2.05) is 6.92 Å². The predicted octanol–water partition coefficient (Wildman–Crippen LogP) is 2.58. The van der Waals surface area contributed by atoms with Crippen molar-refractivity contribution in [1.82, 2.24) is 0 Å². The Morgan fingerprint density at radius 2 is 2.50 bits per heavy atom. The minimum Gasteiger partial charge on any atom is -0.387 e. The standard InChI is InChI=1S/C9H14N2S/c1-3-9(10)11-7(2)8-4-5-12-6-8/h4-7H,3H2,1-2H3,(H2,10,11). The summed E-state index contributed by atoms with van der Waals surface area (Å²) in [7, 11) is 0. The van der Waals surface area contributed by atoms with E-state index in [0.29, 0.717) is 0 Å². The zero-order chi connectivity index (χ0) is 8.97. The van der Waals surface area contributed by atoms with Gasteiger partial charge in [-0.15, -0.1) is 0 Å². The fourth-order valence-electron chi connectivity index (χ4n) is 0.927. The summed E-state index contributed by atoms with van der Waals surface area (Å²) in [4.78, 5) is 4.34. The number of rotatable bonds is 3. The lowest BCUT2D eigenvalue weighted by Gasteiger charge is -2.04. The molecule has 1 aromatic rings. The summed E-state index contributed by atoms with van der Waals surface area (Å²) in [6.07, 6.45) is 0.828. The Morgan fingerprint density at radius 3 is 3.00 bits per heavy atom. The molecule has 0 aliphatic carbocycles. The lowest BCUT2D eigenvalue weighted by atomic mass is 10.2. The first kappa shape index (κ1) is 9.26. The summed E-state index contributed by atoms with van der Waals surface area (Å²) >= 11 is 1.69. The minimum atomic E-state index is 0.205. The highest BCUT2D eigenvalue weighted by Crippen LogP contribution is 2.19. The summed E-state index contributed by atoms with van der Waals surface area (Å²) in [6.45, 7) is 4.07. The molecule has 0 radical (unpaired) electrons. The molecule has 0 fully saturated rings. The summed E-state index contributed by atoms with van der Waals surface area (Å²) in [5.74, 6) is 0.730. The van der Waals surface area contributed by atoms with Crippen LogP contribution in [0.1, 0.15) is 31.9 Å². The average Bonchev–Trinajstić information content (AvgIpc) is 2.56. The van der Waals surface area contributed by atoms with E-state index in [1.54, 1.807) is 11.3 Å². The highest BCUT2D eigenvalue weighted by Gasteiger charge is 2.02. The van der Waals surface area contributed by atoms with Crippen LogP contribution in [0, 0.1) is 0 Å². The van der Waals surface area contributed by atoms with Crippen molar-refractivity contribution < 1.29 is 0 Å². The van der Waals surface area contributed by atoms with Gasteiger partial charge in [-0.1, -0.05) is 6.92 Å². The molecule has 66 valence electrons. The quantitative estimate of drug-likeness (QED) is 0.566. The van der Waals surface area contributed by atoms with E-state index in [0.717, 1.165) is 12.3 Å². The highest BCUT2D eigenvalue weighted by molar-refractivity contribution is 7.07. The molecular formula is C9H14N2S. The normalized spacial score (nSPS) is 14.7. The van der Waals surface area contributed by atoms with Gasteiger partial charge >= 0.3 is 0 Å². The lowest BCUT2D eigenvalue weighted by molar-refractivity contribution is 0.817. The fraction of sp³-hybridized carbons (Fsp3) is 0.444. The second-order valence-electron chi connectivity index (χ2n) is 2.71. The second-order valence-corrected chi connectivity index (χ2v) is 3.49. The molecule has 1 aromatic heterocycles. The van der Waals surface area contributed by atoms with E-state index >= 15 is 0 Å². The third kappa shape index (κ3) is 2.34. The number of thiophene rings is 1. The van der Waals surface area contributed by atoms with Crippen molar-refractivity contribution in [1.29, 1.82) is 0 Å². The molecule has 3 heteroatoms. The van der Waals surface area contributed by atoms with Gasteiger partial charge in [0.05, 0.1) is 11.9 Å². The summed E-state index contributed by atoms with van der Waals surface area (Å²) < 4.78 is 0. The molecule has 0 bridgehead atoms. The molecule has 1 unspecified atom stereocenters. The maximum absolute atomic E-state index is 5.63. The van der Waals surface area contributed by atoms with Gasteiger partial charge in [0, 0.05) is 6.42 Å². The molecule has 2 N–H and O–H groups in total. The van der Waals surface area contributed by atoms with Gasteiger partial charge in [0.25, 0.3) is 0 Å². The molecule has 2 nitrogen and oxygen atoms in total. The van der Waals surface area contributed by atoms with Crippen molar-refractivity contribution in [2.45, 2.75) is 26.3 Å². The van der Waals surface area contributed by atoms with Crippen LogP contribution in [-0.2, 0) is 0 Å². The molecule has 0 amide bonds. The molecule has 0 aliphatic rings. The lowest BCUT2D eigenvalue weighted by Crippen LogP contribution is -2.10. The molecule has 0 saturated carbocycles. The minimum absolute atomic E-state index is 0.205. The van der Waals surface area contributed by atoms with Crippen molar-refractivity contribution in [2.24, 2.45) is 10.7 Å². The van der Waals surface area contributed by atoms with Gasteiger partial charge in [-0.2, -0.15) is 11.3 Å². The molecule has 1 atom stereocenters. The van der Waals surface area contributed by atoms with E-state index in [1.165, 1.54) is 5.56 Å². The highest BCUT2D eigenvalue weighted by atomic mass is 32.1. The Hall–Kier alpha value is -0.830. The van der Waals surface area contributed by atoms with Crippen molar-refractivity contribution >= 4 is 17.2 Å². The van der Waals surface area contributed by atoms with Gasteiger partial charge in [0.1, 0.15) is 0 Å². The molecule has 0 aliphatic heterocycles. The van der Waals surface area contributed by atoms with Gasteiger partial charge < -0.3 is 5.73 Å². The van der Waals surface area contributed by atoms with Crippen LogP contribution < -0.4 is 5.73 Å². The van der Waals surface area contributed by atoms with Crippen LogP contribution in [0.5, 0.6) is 0 Å². The van der Waals surface area contributed by atoms with Crippen LogP contribution in [0.4, 0.5) is 0 Å². The largest absolute Gasteiger partial charge is 0.387 e. The first-order valence-electron chi connectivity index (χ1n) is 4.08. The van der Waals surface area contributed by atoms with Crippen LogP contribution in [0.15, 0.2) is 21.8 Å². The Labute approximate surface area is 77.1 Å². The van der Waals surface area contributed by atoms with Crippen molar-refractivity contribution in [3.8, 4) is 0 Å². The molecular weight excluding hydrogens is 168 g/mol. The fourth-order valence-corrected chi connectivity index (χ4v) is 1.67. The number of aliphatic imine (C=N–C) groups is 1. The smallest absolute Gasteiger partial charge is 0.0941 e. The van der Waals surface area contributed by atoms with E-state index < -0.39 is 0 Å². The Balaban J connectivity index is 2.66. The third-order valence-electron chi connectivity index (χ3n) is 1.75. The Morgan fingerprint density at radius 1 is 1.75 bits per heavy atom. The van der Waals surface area contributed by atoms with Crippen LogP contribution in [-0.4, -0.2) is 5.84 Å². The monoisotopic (exact) mass is 182 g/mol. The summed E-state index contributed by atoms with van der Waals surface area (Å²) in [5.41, 5.74) is 6.88. The molecule has 1 rings (SSSR count). The van der Waals surface area contributed by atoms with Gasteiger partial charge in [0.15, 0.2) is 0 Å². The average molecular weight is 182 g/mol. The SMILES string of the molecule is CCC(N)=NC(C)c1ccsc1. The van der Waals surface area contributed by atoms with Gasteiger partial charge in [-0.3, -0.25) is 4.99 Å². The number of nitrogens with zero attached hydrogens (tertiary/aromatic N) is 1. The molecule has 0 saturated heterocycles. The maximum Gasteiger partial charge on any atom is 0.0941 e. The molecule has 12 heavy (non-hydrogen) atoms. The first-order chi connectivity index (χ1) is 5.74. The summed E-state index contributed by atoms with van der Waals surface area (Å²) in [5, 5.41) is 4.17. The number of hydrogen-bond acceptors (Lipinski definition) is 2. The first-order valence-corrected chi connectivity index (χ1v) is 5.02. The summed E-state index contributed by atoms with van der Waals surface area (Å²) in [6, 6.07) is 2.29. The van der Waals surface area contributed by atoms with Gasteiger partial charge in [0.2, 0.25) is 0 Å². The third-order valence-corrected chi connectivity index (χ3v) is 2.45. The molecule has 1 heterocycles. The van der Waals surface area contributed by atoms with Crippen LogP contribution >= 0.6 is 11.3 Å². The van der Waals surface area contributed by atoms with E-state index in [2.05, 4.69) is 28.7 Å². The zero-order valence-electron chi connectivity index (χ0n) is 7.45. The Bertz CT molecular complexity index is 252. The van der Waals surface area contributed by atoms with Crippen LogP contribution in [0.3, 0.4) is 0 Å². The number of nitrogens with two attached hydrogens (primary N) is 1. The van der Waals surface area contributed by atoms with Crippen molar-refractivity contribution in [3.63, 3.8) is 0 Å². The van der Waals surface area contributed by atoms with Crippen LogP contribution in [0.25, 0.3) is 0 Å². The van der Waals surface area contributed by atoms with Crippen molar-refractivity contribution in [3.05, 3.63) is 22.4 Å². The van der Waals surface area contributed by atoms with Gasteiger partial charge in [-0.25, -0.2) is 0 Å². The van der Waals surface area contributed by atoms with E-state index in [-0.39, 0.29) is 6.04 Å². The number of hydrogen-bond donors (Lipinski definition) is 1. The Kier molecular flexibility index (Phi) is 3.29. The second kappa shape index (κ2) is 4.26. The number of amidine groups is 1. The molecule has 0 aromatic carbocycles.